The molecule has 0 unspecified atom stereocenters. The average Bonchev–Trinajstić information content (AvgIpc) is 3.18. The first-order chi connectivity index (χ1) is 15.9. The number of aromatic nitrogens is 1. The number of thiocarbonyl (C=S) groups is 1. The van der Waals surface area contributed by atoms with Gasteiger partial charge in [-0.3, -0.25) is 0 Å². The van der Waals surface area contributed by atoms with Gasteiger partial charge >= 0.3 is 5.97 Å². The third kappa shape index (κ3) is 4.75. The summed E-state index contributed by atoms with van der Waals surface area (Å²) in [7, 11) is 1.62. The van der Waals surface area contributed by atoms with Gasteiger partial charge in [0.2, 0.25) is 0 Å². The van der Waals surface area contributed by atoms with Crippen molar-refractivity contribution < 1.29 is 14.3 Å². The van der Waals surface area contributed by atoms with Crippen LogP contribution in [0.4, 0.5) is 11.4 Å². The number of anilines is 2. The Balaban J connectivity index is 1.53. The number of rotatable bonds is 5. The summed E-state index contributed by atoms with van der Waals surface area (Å²) in [4.78, 5) is 20.3. The first-order valence-corrected chi connectivity index (χ1v) is 11.6. The molecular weight excluding hydrogens is 436 g/mol. The summed E-state index contributed by atoms with van der Waals surface area (Å²) in [5.74, 6) is 0.283. The molecule has 0 atom stereocenters. The van der Waals surface area contributed by atoms with Crippen molar-refractivity contribution >= 4 is 45.6 Å². The van der Waals surface area contributed by atoms with Gasteiger partial charge in [-0.1, -0.05) is 12.1 Å². The Bertz CT molecular complexity index is 1180. The minimum absolute atomic E-state index is 0.293. The van der Waals surface area contributed by atoms with Gasteiger partial charge in [0.1, 0.15) is 11.4 Å². The van der Waals surface area contributed by atoms with Crippen LogP contribution in [0.3, 0.4) is 0 Å². The zero-order valence-corrected chi connectivity index (χ0v) is 20.3. The zero-order chi connectivity index (χ0) is 23.5. The van der Waals surface area contributed by atoms with E-state index in [-0.39, 0.29) is 0 Å². The number of esters is 1. The molecule has 2 aromatic carbocycles. The van der Waals surface area contributed by atoms with Crippen molar-refractivity contribution in [2.45, 2.75) is 20.8 Å². The topological polar surface area (TPSA) is 69.8 Å². The van der Waals surface area contributed by atoms with Crippen molar-refractivity contribution in [2.75, 3.05) is 50.1 Å². The van der Waals surface area contributed by atoms with Crippen molar-refractivity contribution in [3.8, 4) is 5.75 Å². The summed E-state index contributed by atoms with van der Waals surface area (Å²) >= 11 is 5.76. The Morgan fingerprint density at radius 2 is 1.88 bits per heavy atom. The van der Waals surface area contributed by atoms with E-state index >= 15 is 0 Å². The van der Waals surface area contributed by atoms with Gasteiger partial charge in [0.25, 0.3) is 0 Å². The summed E-state index contributed by atoms with van der Waals surface area (Å²) in [6.45, 7) is 9.68. The van der Waals surface area contributed by atoms with E-state index in [2.05, 4.69) is 52.1 Å². The van der Waals surface area contributed by atoms with Gasteiger partial charge in [-0.05, 0) is 68.4 Å². The number of H-pyrrole nitrogens is 1. The summed E-state index contributed by atoms with van der Waals surface area (Å²) in [5, 5.41) is 4.74. The largest absolute Gasteiger partial charge is 0.497 e. The molecule has 33 heavy (non-hydrogen) atoms. The number of aryl methyl sites for hydroxylation is 2. The molecule has 0 aliphatic carbocycles. The Morgan fingerprint density at radius 1 is 1.12 bits per heavy atom. The Morgan fingerprint density at radius 3 is 2.58 bits per heavy atom. The molecule has 2 heterocycles. The number of hydrogen-bond acceptors (Lipinski definition) is 5. The maximum atomic E-state index is 12.6. The summed E-state index contributed by atoms with van der Waals surface area (Å²) in [6, 6.07) is 12.2. The third-order valence-electron chi connectivity index (χ3n) is 5.99. The normalized spacial score (nSPS) is 13.8. The van der Waals surface area contributed by atoms with Crippen molar-refractivity contribution in [1.29, 1.82) is 0 Å². The molecule has 8 heteroatoms. The molecule has 2 N–H and O–H groups in total. The van der Waals surface area contributed by atoms with Crippen LogP contribution in [0, 0.1) is 13.8 Å². The number of hydrogen-bond donors (Lipinski definition) is 2. The fraction of sp³-hybridized carbons (Fsp3) is 0.360. The maximum Gasteiger partial charge on any atom is 0.356 e. The molecule has 1 aromatic heterocycles. The number of methoxy groups -OCH3 is 1. The van der Waals surface area contributed by atoms with E-state index in [1.807, 2.05) is 18.2 Å². The van der Waals surface area contributed by atoms with Crippen LogP contribution in [0.2, 0.25) is 0 Å². The number of benzene rings is 2. The molecule has 7 nitrogen and oxygen atoms in total. The lowest BCUT2D eigenvalue weighted by atomic mass is 10.1. The van der Waals surface area contributed by atoms with Crippen molar-refractivity contribution in [2.24, 2.45) is 0 Å². The quantitative estimate of drug-likeness (QED) is 0.424. The van der Waals surface area contributed by atoms with Gasteiger partial charge in [-0.2, -0.15) is 0 Å². The van der Waals surface area contributed by atoms with Gasteiger partial charge in [0, 0.05) is 42.8 Å². The molecule has 1 saturated heterocycles. The highest BCUT2D eigenvalue weighted by Gasteiger charge is 2.24. The second-order valence-corrected chi connectivity index (χ2v) is 8.59. The second-order valence-electron chi connectivity index (χ2n) is 8.20. The number of piperazine rings is 1. The van der Waals surface area contributed by atoms with Crippen LogP contribution in [0.5, 0.6) is 5.75 Å². The Hall–Kier alpha value is -3.26. The van der Waals surface area contributed by atoms with E-state index < -0.39 is 5.97 Å². The van der Waals surface area contributed by atoms with Gasteiger partial charge < -0.3 is 29.6 Å². The summed E-state index contributed by atoms with van der Waals surface area (Å²) < 4.78 is 10.6. The van der Waals surface area contributed by atoms with Crippen LogP contribution in [0.1, 0.15) is 28.5 Å². The van der Waals surface area contributed by atoms with E-state index in [1.165, 1.54) is 16.8 Å². The minimum atomic E-state index is -0.419. The molecule has 0 bridgehead atoms. The summed E-state index contributed by atoms with van der Waals surface area (Å²) in [5.41, 5.74) is 5.60. The zero-order valence-electron chi connectivity index (χ0n) is 19.5. The lowest BCUT2D eigenvalue weighted by Gasteiger charge is -2.38. The van der Waals surface area contributed by atoms with Crippen LogP contribution < -0.4 is 15.0 Å². The van der Waals surface area contributed by atoms with Crippen molar-refractivity contribution in [3.63, 3.8) is 0 Å². The van der Waals surface area contributed by atoms with E-state index in [0.29, 0.717) is 28.9 Å². The SMILES string of the molecule is CCOC(=O)c1[nH]c2ccc(OC)cc2c1NC(=S)N1CCN(c2cc(C)ccc2C)CC1. The van der Waals surface area contributed by atoms with E-state index in [9.17, 15) is 4.79 Å². The summed E-state index contributed by atoms with van der Waals surface area (Å²) in [6.07, 6.45) is 0. The fourth-order valence-electron chi connectivity index (χ4n) is 4.18. The lowest BCUT2D eigenvalue weighted by Crippen LogP contribution is -2.50. The monoisotopic (exact) mass is 466 g/mol. The van der Waals surface area contributed by atoms with Gasteiger partial charge in [-0.25, -0.2) is 4.79 Å². The van der Waals surface area contributed by atoms with Crippen LogP contribution in [-0.2, 0) is 4.74 Å². The molecule has 0 amide bonds. The first kappa shape index (κ1) is 22.9. The van der Waals surface area contributed by atoms with Crippen molar-refractivity contribution in [1.82, 2.24) is 9.88 Å². The predicted molar refractivity (Wildman–Crippen MR) is 137 cm³/mol. The van der Waals surface area contributed by atoms with Gasteiger partial charge in [-0.15, -0.1) is 0 Å². The number of fused-ring (bicyclic) bond motifs is 1. The van der Waals surface area contributed by atoms with E-state index in [4.69, 9.17) is 21.7 Å². The molecule has 0 saturated carbocycles. The molecule has 4 rings (SSSR count). The Labute approximate surface area is 199 Å². The molecular formula is C25H30N4O3S. The standard InChI is InChI=1S/C25H30N4O3S/c1-5-32-24(30)23-22(19-15-18(31-4)8-9-20(19)26-23)27-25(33)29-12-10-28(11-13-29)21-14-16(2)6-7-17(21)3/h6-9,14-15,26H,5,10-13H2,1-4H3,(H,27,33). The van der Waals surface area contributed by atoms with Gasteiger partial charge in [0.05, 0.1) is 19.4 Å². The number of aromatic amines is 1. The number of carbonyl (C=O) groups is 1. The Kier molecular flexibility index (Phi) is 6.74. The van der Waals surface area contributed by atoms with E-state index in [1.54, 1.807) is 14.0 Å². The van der Waals surface area contributed by atoms with Crippen LogP contribution in [-0.4, -0.2) is 60.9 Å². The van der Waals surface area contributed by atoms with E-state index in [0.717, 1.165) is 37.1 Å². The lowest BCUT2D eigenvalue weighted by molar-refractivity contribution is 0.0522. The molecule has 0 radical (unpaired) electrons. The molecule has 1 fully saturated rings. The second kappa shape index (κ2) is 9.70. The molecule has 174 valence electrons. The third-order valence-corrected chi connectivity index (χ3v) is 6.35. The molecule has 0 spiro atoms. The molecule has 1 aliphatic rings. The number of ether oxygens (including phenoxy) is 2. The van der Waals surface area contributed by atoms with Crippen LogP contribution >= 0.6 is 12.2 Å². The highest BCUT2D eigenvalue weighted by Crippen LogP contribution is 2.32. The smallest absolute Gasteiger partial charge is 0.356 e. The minimum Gasteiger partial charge on any atom is -0.497 e. The van der Waals surface area contributed by atoms with Gasteiger partial charge in [0.15, 0.2) is 5.11 Å². The molecule has 3 aromatic rings. The highest BCUT2D eigenvalue weighted by atomic mass is 32.1. The number of nitrogens with one attached hydrogen (secondary N) is 2. The number of carbonyl (C=O) groups excluding carboxylic acids is 1. The predicted octanol–water partition coefficient (Wildman–Crippen LogP) is 4.49. The molecule has 1 aliphatic heterocycles. The fourth-order valence-corrected chi connectivity index (χ4v) is 4.47. The first-order valence-electron chi connectivity index (χ1n) is 11.2. The number of nitrogens with zero attached hydrogens (tertiary/aromatic N) is 2. The van der Waals surface area contributed by atoms with Crippen molar-refractivity contribution in [3.05, 3.63) is 53.2 Å². The maximum absolute atomic E-state index is 12.6. The van der Waals surface area contributed by atoms with Crippen LogP contribution in [0.25, 0.3) is 10.9 Å². The van der Waals surface area contributed by atoms with Crippen LogP contribution in [0.15, 0.2) is 36.4 Å². The highest BCUT2D eigenvalue weighted by molar-refractivity contribution is 7.80. The average molecular weight is 467 g/mol.